The first-order valence-corrected chi connectivity index (χ1v) is 6.48. The van der Waals surface area contributed by atoms with E-state index in [1.807, 2.05) is 0 Å². The summed E-state index contributed by atoms with van der Waals surface area (Å²) in [6.45, 7) is 4.18. The molecule has 0 spiro atoms. The average Bonchev–Trinajstić information content (AvgIpc) is 2.60. The number of nitrogens with one attached hydrogen (secondary N) is 1. The SMILES string of the molecule is CC1CN(c2ccccc2)c2ccccc2CN1. The summed E-state index contributed by atoms with van der Waals surface area (Å²) in [7, 11) is 0. The van der Waals surface area contributed by atoms with Crippen LogP contribution < -0.4 is 10.2 Å². The van der Waals surface area contributed by atoms with Crippen molar-refractivity contribution >= 4 is 11.4 Å². The summed E-state index contributed by atoms with van der Waals surface area (Å²) >= 11 is 0. The summed E-state index contributed by atoms with van der Waals surface area (Å²) in [4.78, 5) is 2.40. The van der Waals surface area contributed by atoms with Gasteiger partial charge in [0.2, 0.25) is 0 Å². The third-order valence-corrected chi connectivity index (χ3v) is 3.45. The van der Waals surface area contributed by atoms with Crippen molar-refractivity contribution in [2.45, 2.75) is 19.5 Å². The molecule has 1 aliphatic heterocycles. The molecule has 1 N–H and O–H groups in total. The van der Waals surface area contributed by atoms with Crippen molar-refractivity contribution in [3.8, 4) is 0 Å². The van der Waals surface area contributed by atoms with Crippen LogP contribution in [0.2, 0.25) is 0 Å². The molecule has 0 aliphatic carbocycles. The Hall–Kier alpha value is -1.80. The Labute approximate surface area is 108 Å². The molecule has 3 rings (SSSR count). The number of anilines is 2. The van der Waals surface area contributed by atoms with E-state index in [9.17, 15) is 0 Å². The minimum absolute atomic E-state index is 0.484. The second kappa shape index (κ2) is 4.83. The van der Waals surface area contributed by atoms with Crippen LogP contribution in [0, 0.1) is 0 Å². The second-order valence-corrected chi connectivity index (χ2v) is 4.86. The summed E-state index contributed by atoms with van der Waals surface area (Å²) in [5.41, 5.74) is 3.95. The normalized spacial score (nSPS) is 19.2. The van der Waals surface area contributed by atoms with Crippen LogP contribution in [0.5, 0.6) is 0 Å². The summed E-state index contributed by atoms with van der Waals surface area (Å²) in [5, 5.41) is 3.56. The zero-order chi connectivity index (χ0) is 12.4. The van der Waals surface area contributed by atoms with E-state index < -0.39 is 0 Å². The highest BCUT2D eigenvalue weighted by Crippen LogP contribution is 2.30. The van der Waals surface area contributed by atoms with Crippen LogP contribution >= 0.6 is 0 Å². The highest BCUT2D eigenvalue weighted by molar-refractivity contribution is 5.67. The number of rotatable bonds is 1. The van der Waals surface area contributed by atoms with Gasteiger partial charge in [-0.25, -0.2) is 0 Å². The molecule has 1 unspecified atom stereocenters. The van der Waals surface area contributed by atoms with E-state index in [0.29, 0.717) is 6.04 Å². The molecule has 0 aromatic heterocycles. The van der Waals surface area contributed by atoms with Crippen LogP contribution in [-0.4, -0.2) is 12.6 Å². The third-order valence-electron chi connectivity index (χ3n) is 3.45. The Balaban J connectivity index is 2.07. The fourth-order valence-corrected chi connectivity index (χ4v) is 2.50. The molecule has 2 aromatic rings. The van der Waals surface area contributed by atoms with Crippen molar-refractivity contribution in [3.63, 3.8) is 0 Å². The summed E-state index contributed by atoms with van der Waals surface area (Å²) in [6, 6.07) is 19.7. The first-order valence-electron chi connectivity index (χ1n) is 6.48. The number of para-hydroxylation sites is 2. The van der Waals surface area contributed by atoms with E-state index in [1.165, 1.54) is 16.9 Å². The maximum Gasteiger partial charge on any atom is 0.0456 e. The average molecular weight is 238 g/mol. The summed E-state index contributed by atoms with van der Waals surface area (Å²) < 4.78 is 0. The number of fused-ring (bicyclic) bond motifs is 1. The lowest BCUT2D eigenvalue weighted by molar-refractivity contribution is 0.568. The Bertz CT molecular complexity index is 522. The molecular weight excluding hydrogens is 220 g/mol. The molecular formula is C16H18N2. The molecule has 0 saturated carbocycles. The fourth-order valence-electron chi connectivity index (χ4n) is 2.50. The van der Waals surface area contributed by atoms with Gasteiger partial charge in [0.25, 0.3) is 0 Å². The standard InChI is InChI=1S/C16H18N2/c1-13-12-18(15-8-3-2-4-9-15)16-10-6-5-7-14(16)11-17-13/h2-10,13,17H,11-12H2,1H3. The largest absolute Gasteiger partial charge is 0.340 e. The highest BCUT2D eigenvalue weighted by atomic mass is 15.2. The third kappa shape index (κ3) is 2.12. The van der Waals surface area contributed by atoms with Crippen molar-refractivity contribution in [1.82, 2.24) is 5.32 Å². The van der Waals surface area contributed by atoms with Crippen molar-refractivity contribution in [2.75, 3.05) is 11.4 Å². The van der Waals surface area contributed by atoms with Gasteiger partial charge >= 0.3 is 0 Å². The predicted octanol–water partition coefficient (Wildman–Crippen LogP) is 3.32. The maximum absolute atomic E-state index is 3.56. The van der Waals surface area contributed by atoms with Gasteiger partial charge in [0.05, 0.1) is 0 Å². The Morgan fingerprint density at radius 1 is 1.00 bits per heavy atom. The molecule has 0 radical (unpaired) electrons. The fraction of sp³-hybridized carbons (Fsp3) is 0.250. The van der Waals surface area contributed by atoms with Crippen molar-refractivity contribution in [1.29, 1.82) is 0 Å². The molecule has 1 heterocycles. The van der Waals surface area contributed by atoms with E-state index >= 15 is 0 Å². The van der Waals surface area contributed by atoms with Gasteiger partial charge in [-0.05, 0) is 30.7 Å². The Morgan fingerprint density at radius 3 is 2.56 bits per heavy atom. The molecule has 0 bridgehead atoms. The van der Waals surface area contributed by atoms with Gasteiger partial charge in [-0.2, -0.15) is 0 Å². The first kappa shape index (κ1) is 11.3. The smallest absolute Gasteiger partial charge is 0.0456 e. The van der Waals surface area contributed by atoms with Crippen LogP contribution in [0.4, 0.5) is 11.4 Å². The number of hydrogen-bond donors (Lipinski definition) is 1. The van der Waals surface area contributed by atoms with E-state index in [-0.39, 0.29) is 0 Å². The van der Waals surface area contributed by atoms with E-state index in [1.54, 1.807) is 0 Å². The minimum Gasteiger partial charge on any atom is -0.340 e. The van der Waals surface area contributed by atoms with Crippen molar-refractivity contribution < 1.29 is 0 Å². The molecule has 18 heavy (non-hydrogen) atoms. The Kier molecular flexibility index (Phi) is 3.03. The number of hydrogen-bond acceptors (Lipinski definition) is 2. The predicted molar refractivity (Wildman–Crippen MR) is 76.2 cm³/mol. The van der Waals surface area contributed by atoms with Gasteiger partial charge < -0.3 is 10.2 Å². The minimum atomic E-state index is 0.484. The number of nitrogens with zero attached hydrogens (tertiary/aromatic N) is 1. The van der Waals surface area contributed by atoms with Crippen molar-refractivity contribution in [3.05, 3.63) is 60.2 Å². The van der Waals surface area contributed by atoms with Crippen LogP contribution in [0.25, 0.3) is 0 Å². The van der Waals surface area contributed by atoms with Crippen LogP contribution in [0.1, 0.15) is 12.5 Å². The van der Waals surface area contributed by atoms with E-state index in [4.69, 9.17) is 0 Å². The molecule has 1 aliphatic rings. The summed E-state index contributed by atoms with van der Waals surface area (Å²) in [5.74, 6) is 0. The van der Waals surface area contributed by atoms with Gasteiger partial charge in [0, 0.05) is 30.5 Å². The molecule has 0 fully saturated rings. The van der Waals surface area contributed by atoms with Crippen LogP contribution in [-0.2, 0) is 6.54 Å². The van der Waals surface area contributed by atoms with Gasteiger partial charge in [-0.15, -0.1) is 0 Å². The highest BCUT2D eigenvalue weighted by Gasteiger charge is 2.19. The van der Waals surface area contributed by atoms with Gasteiger partial charge in [-0.3, -0.25) is 0 Å². The molecule has 92 valence electrons. The van der Waals surface area contributed by atoms with Crippen LogP contribution in [0.3, 0.4) is 0 Å². The Morgan fingerprint density at radius 2 is 1.72 bits per heavy atom. The maximum atomic E-state index is 3.56. The quantitative estimate of drug-likeness (QED) is 0.820. The zero-order valence-corrected chi connectivity index (χ0v) is 10.6. The van der Waals surface area contributed by atoms with Crippen LogP contribution in [0.15, 0.2) is 54.6 Å². The van der Waals surface area contributed by atoms with E-state index in [2.05, 4.69) is 71.7 Å². The lowest BCUT2D eigenvalue weighted by Crippen LogP contribution is -2.33. The lowest BCUT2D eigenvalue weighted by atomic mass is 10.1. The number of benzene rings is 2. The molecule has 0 amide bonds. The second-order valence-electron chi connectivity index (χ2n) is 4.86. The van der Waals surface area contributed by atoms with Gasteiger partial charge in [0.1, 0.15) is 0 Å². The molecule has 2 aromatic carbocycles. The van der Waals surface area contributed by atoms with Crippen molar-refractivity contribution in [2.24, 2.45) is 0 Å². The monoisotopic (exact) mass is 238 g/mol. The molecule has 0 saturated heterocycles. The lowest BCUT2D eigenvalue weighted by Gasteiger charge is -2.26. The van der Waals surface area contributed by atoms with Gasteiger partial charge in [-0.1, -0.05) is 36.4 Å². The topological polar surface area (TPSA) is 15.3 Å². The summed E-state index contributed by atoms with van der Waals surface area (Å²) in [6.07, 6.45) is 0. The molecule has 2 nitrogen and oxygen atoms in total. The van der Waals surface area contributed by atoms with Gasteiger partial charge in [0.15, 0.2) is 0 Å². The zero-order valence-electron chi connectivity index (χ0n) is 10.6. The molecule has 2 heteroatoms. The molecule has 1 atom stereocenters. The van der Waals surface area contributed by atoms with E-state index in [0.717, 1.165) is 13.1 Å². The first-order chi connectivity index (χ1) is 8.84.